The lowest BCUT2D eigenvalue weighted by atomic mass is 10.0. The summed E-state index contributed by atoms with van der Waals surface area (Å²) in [6.45, 7) is 1.20. The summed E-state index contributed by atoms with van der Waals surface area (Å²) in [6, 6.07) is 1.70. The van der Waals surface area contributed by atoms with Crippen molar-refractivity contribution in [3.63, 3.8) is 0 Å². The Kier molecular flexibility index (Phi) is 3.44. The maximum absolute atomic E-state index is 12.6. The zero-order valence-corrected chi connectivity index (χ0v) is 13.3. The van der Waals surface area contributed by atoms with E-state index in [2.05, 4.69) is 9.97 Å². The second-order valence-electron chi connectivity index (χ2n) is 5.98. The molecule has 1 fully saturated rings. The van der Waals surface area contributed by atoms with Gasteiger partial charge in [0.05, 0.1) is 18.0 Å². The summed E-state index contributed by atoms with van der Waals surface area (Å²) in [5.41, 5.74) is 1.84. The van der Waals surface area contributed by atoms with Crippen LogP contribution in [0.5, 0.6) is 0 Å². The molecule has 0 radical (unpaired) electrons. The Morgan fingerprint density at radius 3 is 2.83 bits per heavy atom. The average molecular weight is 327 g/mol. The van der Waals surface area contributed by atoms with Gasteiger partial charge in [-0.1, -0.05) is 0 Å². The third kappa shape index (κ3) is 2.22. The molecular formula is C16H17N5O3. The van der Waals surface area contributed by atoms with E-state index < -0.39 is 0 Å². The number of fused-ring (bicyclic) bond motifs is 1. The summed E-state index contributed by atoms with van der Waals surface area (Å²) >= 11 is 0. The number of hydrogen-bond acceptors (Lipinski definition) is 5. The highest BCUT2D eigenvalue weighted by Crippen LogP contribution is 2.25. The number of imidazole rings is 1. The molecular weight excluding hydrogens is 310 g/mol. The first-order valence-corrected chi connectivity index (χ1v) is 7.85. The number of piperidine rings is 1. The van der Waals surface area contributed by atoms with Crippen LogP contribution in [0, 0.1) is 0 Å². The maximum atomic E-state index is 12.6. The van der Waals surface area contributed by atoms with Crippen LogP contribution in [-0.2, 0) is 7.05 Å². The standard InChI is InChI=1S/C16H17N5O3/c1-19-13-8-17-10-18-14(13)21(16(19)23)12-2-5-20(6-3-12)15(22)11-4-7-24-9-11/h4,7-10,12H,2-3,5-6H2,1H3. The summed E-state index contributed by atoms with van der Waals surface area (Å²) in [7, 11) is 1.72. The van der Waals surface area contributed by atoms with Gasteiger partial charge >= 0.3 is 5.69 Å². The Morgan fingerprint density at radius 1 is 1.33 bits per heavy atom. The largest absolute Gasteiger partial charge is 0.472 e. The van der Waals surface area contributed by atoms with Crippen LogP contribution in [0.15, 0.2) is 40.3 Å². The van der Waals surface area contributed by atoms with Crippen molar-refractivity contribution in [2.24, 2.45) is 7.05 Å². The molecule has 4 heterocycles. The fourth-order valence-corrected chi connectivity index (χ4v) is 3.32. The maximum Gasteiger partial charge on any atom is 0.330 e. The van der Waals surface area contributed by atoms with Crippen molar-refractivity contribution in [3.8, 4) is 0 Å². The van der Waals surface area contributed by atoms with Crippen molar-refractivity contribution >= 4 is 17.1 Å². The molecule has 0 N–H and O–H groups in total. The van der Waals surface area contributed by atoms with E-state index in [9.17, 15) is 9.59 Å². The molecule has 1 aliphatic heterocycles. The number of nitrogens with zero attached hydrogens (tertiary/aromatic N) is 5. The first-order valence-electron chi connectivity index (χ1n) is 7.85. The molecule has 0 atom stereocenters. The smallest absolute Gasteiger partial charge is 0.330 e. The van der Waals surface area contributed by atoms with E-state index in [1.54, 1.807) is 33.3 Å². The number of aryl methyl sites for hydroxylation is 1. The molecule has 8 nitrogen and oxygen atoms in total. The van der Waals surface area contributed by atoms with E-state index in [0.717, 1.165) is 5.52 Å². The zero-order valence-electron chi connectivity index (χ0n) is 13.3. The molecule has 1 amide bonds. The number of aromatic nitrogens is 4. The number of carbonyl (C=O) groups excluding carboxylic acids is 1. The summed E-state index contributed by atoms with van der Waals surface area (Å²) in [4.78, 5) is 35.0. The van der Waals surface area contributed by atoms with E-state index >= 15 is 0 Å². The van der Waals surface area contributed by atoms with Crippen LogP contribution in [0.2, 0.25) is 0 Å². The summed E-state index contributed by atoms with van der Waals surface area (Å²) in [6.07, 6.45) is 7.49. The third-order valence-electron chi connectivity index (χ3n) is 4.64. The Balaban J connectivity index is 1.58. The summed E-state index contributed by atoms with van der Waals surface area (Å²) in [5.74, 6) is -0.0326. The zero-order chi connectivity index (χ0) is 16.7. The van der Waals surface area contributed by atoms with Crippen molar-refractivity contribution in [1.82, 2.24) is 24.0 Å². The average Bonchev–Trinajstić information content (AvgIpc) is 3.23. The van der Waals surface area contributed by atoms with Gasteiger partial charge in [-0.15, -0.1) is 0 Å². The van der Waals surface area contributed by atoms with Crippen LogP contribution < -0.4 is 5.69 Å². The minimum atomic E-state index is -0.0925. The van der Waals surface area contributed by atoms with Gasteiger partial charge in [0.2, 0.25) is 0 Å². The monoisotopic (exact) mass is 327 g/mol. The second-order valence-corrected chi connectivity index (χ2v) is 5.98. The van der Waals surface area contributed by atoms with Crippen LogP contribution in [0.3, 0.4) is 0 Å². The highest BCUT2D eigenvalue weighted by molar-refractivity contribution is 5.93. The summed E-state index contributed by atoms with van der Waals surface area (Å²) in [5, 5.41) is 0. The molecule has 0 aliphatic carbocycles. The number of likely N-dealkylation sites (tertiary alicyclic amines) is 1. The van der Waals surface area contributed by atoms with Crippen molar-refractivity contribution in [2.45, 2.75) is 18.9 Å². The van der Waals surface area contributed by atoms with Gasteiger partial charge in [-0.05, 0) is 18.9 Å². The van der Waals surface area contributed by atoms with Crippen molar-refractivity contribution in [1.29, 1.82) is 0 Å². The SMILES string of the molecule is Cn1c(=O)n(C2CCN(C(=O)c3ccoc3)CC2)c2ncncc21. The van der Waals surface area contributed by atoms with Gasteiger partial charge in [-0.3, -0.25) is 13.9 Å². The molecule has 1 saturated heterocycles. The Bertz CT molecular complexity index is 932. The predicted molar refractivity (Wildman–Crippen MR) is 85.7 cm³/mol. The number of hydrogen-bond donors (Lipinski definition) is 0. The quantitative estimate of drug-likeness (QED) is 0.706. The predicted octanol–water partition coefficient (Wildman–Crippen LogP) is 1.20. The van der Waals surface area contributed by atoms with Gasteiger partial charge in [-0.2, -0.15) is 0 Å². The molecule has 3 aromatic rings. The van der Waals surface area contributed by atoms with E-state index in [1.807, 2.05) is 0 Å². The Morgan fingerprint density at radius 2 is 2.12 bits per heavy atom. The highest BCUT2D eigenvalue weighted by atomic mass is 16.3. The van der Waals surface area contributed by atoms with Crippen molar-refractivity contribution in [2.75, 3.05) is 13.1 Å². The molecule has 3 aromatic heterocycles. The lowest BCUT2D eigenvalue weighted by Crippen LogP contribution is -2.40. The van der Waals surface area contributed by atoms with Crippen LogP contribution in [0.1, 0.15) is 29.2 Å². The third-order valence-corrected chi connectivity index (χ3v) is 4.64. The lowest BCUT2D eigenvalue weighted by molar-refractivity contribution is 0.0694. The van der Waals surface area contributed by atoms with Gasteiger partial charge < -0.3 is 9.32 Å². The minimum absolute atomic E-state index is 0.0319. The van der Waals surface area contributed by atoms with E-state index in [-0.39, 0.29) is 17.6 Å². The van der Waals surface area contributed by atoms with Crippen LogP contribution in [0.25, 0.3) is 11.2 Å². The number of furan rings is 1. The van der Waals surface area contributed by atoms with E-state index in [1.165, 1.54) is 18.9 Å². The van der Waals surface area contributed by atoms with Crippen LogP contribution in [0.4, 0.5) is 0 Å². The van der Waals surface area contributed by atoms with E-state index in [4.69, 9.17) is 4.42 Å². The van der Waals surface area contributed by atoms with Gasteiger partial charge in [-0.25, -0.2) is 14.8 Å². The topological polar surface area (TPSA) is 86.2 Å². The fraction of sp³-hybridized carbons (Fsp3) is 0.375. The first kappa shape index (κ1) is 14.7. The molecule has 8 heteroatoms. The Hall–Kier alpha value is -2.90. The van der Waals surface area contributed by atoms with Gasteiger partial charge in [0.25, 0.3) is 5.91 Å². The first-order chi connectivity index (χ1) is 11.7. The molecule has 0 unspecified atom stereocenters. The molecule has 0 aromatic carbocycles. The van der Waals surface area contributed by atoms with Crippen LogP contribution in [-0.4, -0.2) is 43.0 Å². The normalized spacial score (nSPS) is 16.0. The molecule has 4 rings (SSSR count). The van der Waals surface area contributed by atoms with Crippen LogP contribution >= 0.6 is 0 Å². The number of carbonyl (C=O) groups is 1. The lowest BCUT2D eigenvalue weighted by Gasteiger charge is -2.32. The molecule has 0 spiro atoms. The van der Waals surface area contributed by atoms with Gasteiger partial charge in [0.1, 0.15) is 18.1 Å². The Labute approximate surface area is 137 Å². The highest BCUT2D eigenvalue weighted by Gasteiger charge is 2.28. The van der Waals surface area contributed by atoms with Gasteiger partial charge in [0, 0.05) is 26.2 Å². The second kappa shape index (κ2) is 5.63. The number of rotatable bonds is 2. The molecule has 1 aliphatic rings. The fourth-order valence-electron chi connectivity index (χ4n) is 3.32. The summed E-state index contributed by atoms with van der Waals surface area (Å²) < 4.78 is 8.27. The molecule has 24 heavy (non-hydrogen) atoms. The van der Waals surface area contributed by atoms with Gasteiger partial charge in [0.15, 0.2) is 5.65 Å². The molecule has 0 bridgehead atoms. The van der Waals surface area contributed by atoms with E-state index in [0.29, 0.717) is 37.1 Å². The van der Waals surface area contributed by atoms with Crippen molar-refractivity contribution < 1.29 is 9.21 Å². The minimum Gasteiger partial charge on any atom is -0.472 e. The molecule has 0 saturated carbocycles. The van der Waals surface area contributed by atoms with Crippen molar-refractivity contribution in [3.05, 3.63) is 47.2 Å². The molecule has 124 valence electrons. The number of amides is 1.